The van der Waals surface area contributed by atoms with Gasteiger partial charge in [-0.1, -0.05) is 24.3 Å². The Kier molecular flexibility index (Phi) is 2.96. The van der Waals surface area contributed by atoms with Gasteiger partial charge in [0.2, 0.25) is 0 Å². The van der Waals surface area contributed by atoms with Crippen LogP contribution in [0, 0.1) is 0 Å². The average molecular weight is 226 g/mol. The highest BCUT2D eigenvalue weighted by atomic mass is 16.1. The van der Waals surface area contributed by atoms with E-state index in [0.717, 1.165) is 17.4 Å². The summed E-state index contributed by atoms with van der Waals surface area (Å²) < 4.78 is 0. The maximum atomic E-state index is 10.7. The Morgan fingerprint density at radius 1 is 1.00 bits per heavy atom. The number of aromatic nitrogens is 1. The molecule has 2 aromatic rings. The molecular formula is C13H10N2O2. The van der Waals surface area contributed by atoms with E-state index in [9.17, 15) is 9.59 Å². The minimum atomic E-state index is 0.216. The van der Waals surface area contributed by atoms with Crippen molar-refractivity contribution in [3.8, 4) is 11.1 Å². The fourth-order valence-electron chi connectivity index (χ4n) is 1.50. The van der Waals surface area contributed by atoms with Crippen molar-refractivity contribution in [2.75, 3.05) is 5.73 Å². The second-order valence-corrected chi connectivity index (χ2v) is 3.56. The van der Waals surface area contributed by atoms with Gasteiger partial charge >= 0.3 is 0 Å². The number of carbonyl (C=O) groups is 2. The average Bonchev–Trinajstić information content (AvgIpc) is 2.39. The lowest BCUT2D eigenvalue weighted by atomic mass is 10.0. The fourth-order valence-corrected chi connectivity index (χ4v) is 1.50. The fraction of sp³-hybridized carbons (Fsp3) is 0. The molecule has 0 saturated heterocycles. The highest BCUT2D eigenvalue weighted by Gasteiger charge is 2.03. The number of pyridine rings is 1. The van der Waals surface area contributed by atoms with Gasteiger partial charge in [-0.2, -0.15) is 0 Å². The predicted molar refractivity (Wildman–Crippen MR) is 64.9 cm³/mol. The zero-order valence-electron chi connectivity index (χ0n) is 8.96. The molecule has 0 spiro atoms. The van der Waals surface area contributed by atoms with Gasteiger partial charge in [0.05, 0.1) is 5.56 Å². The van der Waals surface area contributed by atoms with Crippen LogP contribution in [0.4, 0.5) is 5.82 Å². The van der Waals surface area contributed by atoms with Crippen LogP contribution in [0.5, 0.6) is 0 Å². The lowest BCUT2D eigenvalue weighted by Gasteiger charge is -2.04. The summed E-state index contributed by atoms with van der Waals surface area (Å²) in [6, 6.07) is 8.68. The van der Waals surface area contributed by atoms with E-state index in [-0.39, 0.29) is 5.82 Å². The van der Waals surface area contributed by atoms with E-state index >= 15 is 0 Å². The molecule has 17 heavy (non-hydrogen) atoms. The van der Waals surface area contributed by atoms with Gasteiger partial charge in [-0.3, -0.25) is 9.59 Å². The maximum Gasteiger partial charge on any atom is 0.153 e. The lowest BCUT2D eigenvalue weighted by Crippen LogP contribution is -1.96. The van der Waals surface area contributed by atoms with Crippen molar-refractivity contribution in [2.24, 2.45) is 0 Å². The van der Waals surface area contributed by atoms with Crippen LogP contribution in [0.1, 0.15) is 20.7 Å². The van der Waals surface area contributed by atoms with Gasteiger partial charge in [0.15, 0.2) is 6.29 Å². The molecule has 2 N–H and O–H groups in total. The Morgan fingerprint density at radius 2 is 1.71 bits per heavy atom. The molecule has 0 atom stereocenters. The van der Waals surface area contributed by atoms with E-state index in [1.807, 2.05) is 0 Å². The van der Waals surface area contributed by atoms with Crippen LogP contribution in [-0.2, 0) is 0 Å². The summed E-state index contributed by atoms with van der Waals surface area (Å²) in [6.07, 6.45) is 3.05. The van der Waals surface area contributed by atoms with Gasteiger partial charge in [-0.25, -0.2) is 4.98 Å². The first-order valence-electron chi connectivity index (χ1n) is 5.01. The first kappa shape index (κ1) is 11.0. The molecule has 0 unspecified atom stereocenters. The minimum absolute atomic E-state index is 0.216. The smallest absolute Gasteiger partial charge is 0.153 e. The number of nitrogens with zero attached hydrogens (tertiary/aromatic N) is 1. The molecule has 84 valence electrons. The number of nitrogen functional groups attached to an aromatic ring is 1. The molecule has 0 aliphatic heterocycles. The Labute approximate surface area is 98.1 Å². The molecule has 0 aliphatic carbocycles. The number of nitrogens with two attached hydrogens (primary N) is 1. The maximum absolute atomic E-state index is 10.7. The summed E-state index contributed by atoms with van der Waals surface area (Å²) in [4.78, 5) is 25.2. The van der Waals surface area contributed by atoms with Crippen molar-refractivity contribution in [2.45, 2.75) is 0 Å². The van der Waals surface area contributed by atoms with Crippen LogP contribution < -0.4 is 5.73 Å². The zero-order chi connectivity index (χ0) is 12.3. The van der Waals surface area contributed by atoms with Crippen molar-refractivity contribution >= 4 is 18.4 Å². The standard InChI is InChI=1S/C13H10N2O2/c14-13-12(8-17)5-11(6-15-13)10-3-1-9(7-16)2-4-10/h1-8H,(H2,14,15). The van der Waals surface area contributed by atoms with Crippen LogP contribution in [0.25, 0.3) is 11.1 Å². The van der Waals surface area contributed by atoms with Crippen molar-refractivity contribution < 1.29 is 9.59 Å². The number of carbonyl (C=O) groups excluding carboxylic acids is 2. The van der Waals surface area contributed by atoms with Crippen molar-refractivity contribution in [1.82, 2.24) is 4.98 Å². The van der Waals surface area contributed by atoms with Gasteiger partial charge in [0.25, 0.3) is 0 Å². The molecule has 4 heteroatoms. The highest BCUT2D eigenvalue weighted by Crippen LogP contribution is 2.21. The Hall–Kier alpha value is -2.49. The van der Waals surface area contributed by atoms with Gasteiger partial charge < -0.3 is 5.73 Å². The van der Waals surface area contributed by atoms with E-state index in [0.29, 0.717) is 17.4 Å². The molecule has 4 nitrogen and oxygen atoms in total. The van der Waals surface area contributed by atoms with E-state index in [1.54, 1.807) is 36.5 Å². The summed E-state index contributed by atoms with van der Waals surface area (Å²) in [5.74, 6) is 0.216. The van der Waals surface area contributed by atoms with Crippen molar-refractivity contribution in [1.29, 1.82) is 0 Å². The van der Waals surface area contributed by atoms with Crippen LogP contribution >= 0.6 is 0 Å². The molecule has 1 aromatic carbocycles. The molecule has 0 aliphatic rings. The number of hydrogen-bond donors (Lipinski definition) is 1. The molecular weight excluding hydrogens is 216 g/mol. The first-order chi connectivity index (χ1) is 8.24. The number of aldehydes is 2. The molecule has 0 bridgehead atoms. The molecule has 2 rings (SSSR count). The van der Waals surface area contributed by atoms with E-state index in [4.69, 9.17) is 5.73 Å². The van der Waals surface area contributed by atoms with Crippen molar-refractivity contribution in [3.63, 3.8) is 0 Å². The molecule has 0 saturated carbocycles. The third-order valence-electron chi connectivity index (χ3n) is 2.46. The number of hydrogen-bond acceptors (Lipinski definition) is 4. The second-order valence-electron chi connectivity index (χ2n) is 3.56. The van der Waals surface area contributed by atoms with Crippen molar-refractivity contribution in [3.05, 3.63) is 47.7 Å². The molecule has 0 radical (unpaired) electrons. The van der Waals surface area contributed by atoms with Crippen LogP contribution in [0.2, 0.25) is 0 Å². The lowest BCUT2D eigenvalue weighted by molar-refractivity contribution is 0.111. The van der Waals surface area contributed by atoms with E-state index < -0.39 is 0 Å². The minimum Gasteiger partial charge on any atom is -0.383 e. The molecule has 0 fully saturated rings. The highest BCUT2D eigenvalue weighted by molar-refractivity contribution is 5.84. The Morgan fingerprint density at radius 3 is 2.29 bits per heavy atom. The SMILES string of the molecule is Nc1ncc(-c2ccc(C=O)cc2)cc1C=O. The van der Waals surface area contributed by atoms with Crippen LogP contribution in [0.15, 0.2) is 36.5 Å². The normalized spacial score (nSPS) is 9.88. The quantitative estimate of drug-likeness (QED) is 0.812. The number of rotatable bonds is 3. The Balaban J connectivity index is 2.45. The van der Waals surface area contributed by atoms with Gasteiger partial charge in [0, 0.05) is 17.3 Å². The largest absolute Gasteiger partial charge is 0.383 e. The summed E-state index contributed by atoms with van der Waals surface area (Å²) in [5, 5.41) is 0. The first-order valence-corrected chi connectivity index (χ1v) is 5.01. The summed E-state index contributed by atoms with van der Waals surface area (Å²) in [7, 11) is 0. The summed E-state index contributed by atoms with van der Waals surface area (Å²) >= 11 is 0. The van der Waals surface area contributed by atoms with Crippen LogP contribution in [0.3, 0.4) is 0 Å². The summed E-state index contributed by atoms with van der Waals surface area (Å²) in [6.45, 7) is 0. The molecule has 1 heterocycles. The monoisotopic (exact) mass is 226 g/mol. The molecule has 1 aromatic heterocycles. The zero-order valence-corrected chi connectivity index (χ0v) is 8.96. The third kappa shape index (κ3) is 2.20. The second kappa shape index (κ2) is 4.57. The summed E-state index contributed by atoms with van der Waals surface area (Å²) in [5.41, 5.74) is 8.17. The third-order valence-corrected chi connectivity index (χ3v) is 2.46. The number of benzene rings is 1. The van der Waals surface area contributed by atoms with Crippen LogP contribution in [-0.4, -0.2) is 17.6 Å². The predicted octanol–water partition coefficient (Wildman–Crippen LogP) is 1.96. The van der Waals surface area contributed by atoms with E-state index in [2.05, 4.69) is 4.98 Å². The number of anilines is 1. The van der Waals surface area contributed by atoms with Gasteiger partial charge in [0.1, 0.15) is 12.1 Å². The molecule has 0 amide bonds. The van der Waals surface area contributed by atoms with Gasteiger partial charge in [-0.05, 0) is 11.6 Å². The topological polar surface area (TPSA) is 73.0 Å². The Bertz CT molecular complexity index is 562. The van der Waals surface area contributed by atoms with E-state index in [1.165, 1.54) is 0 Å². The van der Waals surface area contributed by atoms with Gasteiger partial charge in [-0.15, -0.1) is 0 Å².